The number of aliphatic carboxylic acids is 1. The summed E-state index contributed by atoms with van der Waals surface area (Å²) in [5, 5.41) is 11.5. The number of ether oxygens (including phenoxy) is 1. The van der Waals surface area contributed by atoms with Crippen molar-refractivity contribution in [3.8, 4) is 0 Å². The third-order valence-electron chi connectivity index (χ3n) is 2.64. The number of carboxylic acids is 1. The number of rotatable bonds is 6. The Balaban J connectivity index is 1.80. The van der Waals surface area contributed by atoms with Gasteiger partial charge in [-0.2, -0.15) is 0 Å². The molecule has 0 fully saturated rings. The molecule has 6 heteroatoms. The lowest BCUT2D eigenvalue weighted by Crippen LogP contribution is -2.15. The van der Waals surface area contributed by atoms with E-state index in [2.05, 4.69) is 15.3 Å². The maximum Gasteiger partial charge on any atom is 0.329 e. The molecule has 17 heavy (non-hydrogen) atoms. The van der Waals surface area contributed by atoms with Gasteiger partial charge < -0.3 is 15.2 Å². The highest BCUT2D eigenvalue weighted by molar-refractivity contribution is 5.67. The Morgan fingerprint density at radius 2 is 2.35 bits per heavy atom. The summed E-state index contributed by atoms with van der Waals surface area (Å²) in [7, 11) is 0. The molecule has 0 aromatic carbocycles. The van der Waals surface area contributed by atoms with Crippen molar-refractivity contribution in [1.29, 1.82) is 0 Å². The maximum absolute atomic E-state index is 10.2. The van der Waals surface area contributed by atoms with Gasteiger partial charge in [-0.1, -0.05) is 0 Å². The number of hydrogen-bond acceptors (Lipinski definition) is 5. The van der Waals surface area contributed by atoms with E-state index in [9.17, 15) is 4.79 Å². The zero-order chi connectivity index (χ0) is 12.1. The fourth-order valence-corrected chi connectivity index (χ4v) is 1.91. The molecule has 6 nitrogen and oxygen atoms in total. The van der Waals surface area contributed by atoms with Crippen molar-refractivity contribution < 1.29 is 14.6 Å². The lowest BCUT2D eigenvalue weighted by atomic mass is 10.2. The van der Waals surface area contributed by atoms with Crippen molar-refractivity contribution in [3.05, 3.63) is 17.6 Å². The van der Waals surface area contributed by atoms with Crippen LogP contribution in [0, 0.1) is 0 Å². The summed E-state index contributed by atoms with van der Waals surface area (Å²) in [6, 6.07) is 0. The van der Waals surface area contributed by atoms with Crippen molar-refractivity contribution in [2.45, 2.75) is 19.3 Å². The highest BCUT2D eigenvalue weighted by Crippen LogP contribution is 2.24. The fourth-order valence-electron chi connectivity index (χ4n) is 1.91. The summed E-state index contributed by atoms with van der Waals surface area (Å²) in [6.07, 6.45) is 4.71. The van der Waals surface area contributed by atoms with Crippen molar-refractivity contribution in [1.82, 2.24) is 9.97 Å². The number of nitrogens with one attached hydrogen (secondary N) is 1. The summed E-state index contributed by atoms with van der Waals surface area (Å²) >= 11 is 0. The van der Waals surface area contributed by atoms with Crippen molar-refractivity contribution in [2.24, 2.45) is 0 Å². The lowest BCUT2D eigenvalue weighted by Gasteiger charge is -2.09. The minimum Gasteiger partial charge on any atom is -0.480 e. The molecule has 0 spiro atoms. The van der Waals surface area contributed by atoms with Crippen LogP contribution in [0.3, 0.4) is 0 Å². The molecule has 0 saturated heterocycles. The van der Waals surface area contributed by atoms with Gasteiger partial charge >= 0.3 is 5.97 Å². The van der Waals surface area contributed by atoms with E-state index in [1.807, 2.05) is 0 Å². The standard InChI is InChI=1S/C11H15N3O3/c15-10(16)6-17-5-4-12-11-8-2-1-3-9(8)13-7-14-11/h7H,1-6H2,(H,15,16)(H,12,13,14). The van der Waals surface area contributed by atoms with Crippen LogP contribution in [0.25, 0.3) is 0 Å². The Kier molecular flexibility index (Phi) is 3.87. The third-order valence-corrected chi connectivity index (χ3v) is 2.64. The summed E-state index contributed by atoms with van der Waals surface area (Å²) < 4.78 is 4.93. The molecule has 0 bridgehead atoms. The second-order valence-electron chi connectivity index (χ2n) is 3.87. The van der Waals surface area contributed by atoms with Crippen LogP contribution in [-0.4, -0.2) is 40.8 Å². The SMILES string of the molecule is O=C(O)COCCNc1ncnc2c1CCC2. The van der Waals surface area contributed by atoms with Crippen molar-refractivity contribution >= 4 is 11.8 Å². The Bertz CT molecular complexity index is 409. The van der Waals surface area contributed by atoms with E-state index >= 15 is 0 Å². The largest absolute Gasteiger partial charge is 0.480 e. The summed E-state index contributed by atoms with van der Waals surface area (Å²) in [4.78, 5) is 18.6. The average molecular weight is 237 g/mol. The Morgan fingerprint density at radius 1 is 1.47 bits per heavy atom. The first-order chi connectivity index (χ1) is 8.27. The summed E-state index contributed by atoms with van der Waals surface area (Å²) in [6.45, 7) is 0.644. The van der Waals surface area contributed by atoms with Gasteiger partial charge in [0.25, 0.3) is 0 Å². The van der Waals surface area contributed by atoms with Gasteiger partial charge in [-0.05, 0) is 19.3 Å². The van der Waals surface area contributed by atoms with Crippen LogP contribution in [0.2, 0.25) is 0 Å². The number of carbonyl (C=O) groups is 1. The molecule has 2 rings (SSSR count). The van der Waals surface area contributed by atoms with Gasteiger partial charge in [0.2, 0.25) is 0 Å². The van der Waals surface area contributed by atoms with E-state index in [4.69, 9.17) is 9.84 Å². The van der Waals surface area contributed by atoms with Crippen LogP contribution >= 0.6 is 0 Å². The smallest absolute Gasteiger partial charge is 0.329 e. The zero-order valence-corrected chi connectivity index (χ0v) is 9.48. The highest BCUT2D eigenvalue weighted by atomic mass is 16.5. The van der Waals surface area contributed by atoms with Crippen LogP contribution < -0.4 is 5.32 Å². The number of hydrogen-bond donors (Lipinski definition) is 2. The molecule has 0 aliphatic heterocycles. The second-order valence-corrected chi connectivity index (χ2v) is 3.87. The molecule has 1 aromatic rings. The van der Waals surface area contributed by atoms with Crippen LogP contribution in [0.1, 0.15) is 17.7 Å². The summed E-state index contributed by atoms with van der Waals surface area (Å²) in [5.74, 6) is -0.0978. The average Bonchev–Trinajstić information content (AvgIpc) is 2.77. The van der Waals surface area contributed by atoms with Gasteiger partial charge in [0.15, 0.2) is 0 Å². The molecular formula is C11H15N3O3. The maximum atomic E-state index is 10.2. The molecule has 1 heterocycles. The minimum absolute atomic E-state index is 0.260. The first-order valence-electron chi connectivity index (χ1n) is 5.63. The van der Waals surface area contributed by atoms with Crippen LogP contribution in [0.5, 0.6) is 0 Å². The van der Waals surface area contributed by atoms with Crippen molar-refractivity contribution in [2.75, 3.05) is 25.1 Å². The van der Waals surface area contributed by atoms with E-state index in [1.54, 1.807) is 6.33 Å². The molecule has 0 radical (unpaired) electrons. The Morgan fingerprint density at radius 3 is 3.18 bits per heavy atom. The van der Waals surface area contributed by atoms with Gasteiger partial charge in [0, 0.05) is 17.8 Å². The number of carboxylic acid groups (broad SMARTS) is 1. The highest BCUT2D eigenvalue weighted by Gasteiger charge is 2.16. The molecule has 0 unspecified atom stereocenters. The predicted molar refractivity (Wildman–Crippen MR) is 61.0 cm³/mol. The second kappa shape index (κ2) is 5.58. The predicted octanol–water partition coefficient (Wildman–Crippen LogP) is 0.478. The monoisotopic (exact) mass is 237 g/mol. The van der Waals surface area contributed by atoms with Gasteiger partial charge in [-0.3, -0.25) is 0 Å². The number of aryl methyl sites for hydroxylation is 1. The molecule has 2 N–H and O–H groups in total. The quantitative estimate of drug-likeness (QED) is 0.700. The minimum atomic E-state index is -0.951. The molecular weight excluding hydrogens is 222 g/mol. The Hall–Kier alpha value is -1.69. The topological polar surface area (TPSA) is 84.3 Å². The lowest BCUT2D eigenvalue weighted by molar-refractivity contribution is -0.142. The van der Waals surface area contributed by atoms with Gasteiger partial charge in [0.1, 0.15) is 18.8 Å². The number of nitrogens with zero attached hydrogens (tertiary/aromatic N) is 2. The number of anilines is 1. The first kappa shape index (κ1) is 11.8. The van der Waals surface area contributed by atoms with E-state index in [-0.39, 0.29) is 6.61 Å². The molecule has 1 aliphatic carbocycles. The molecule has 0 saturated carbocycles. The van der Waals surface area contributed by atoms with Gasteiger partial charge in [-0.15, -0.1) is 0 Å². The first-order valence-corrected chi connectivity index (χ1v) is 5.63. The van der Waals surface area contributed by atoms with Crippen LogP contribution in [0.15, 0.2) is 6.33 Å². The van der Waals surface area contributed by atoms with E-state index in [1.165, 1.54) is 5.56 Å². The van der Waals surface area contributed by atoms with Crippen LogP contribution in [0.4, 0.5) is 5.82 Å². The number of aromatic nitrogens is 2. The Labute approximate surface area is 99.0 Å². The zero-order valence-electron chi connectivity index (χ0n) is 9.48. The molecule has 0 atom stereocenters. The normalized spacial score (nSPS) is 13.4. The molecule has 1 aromatic heterocycles. The molecule has 0 amide bonds. The van der Waals surface area contributed by atoms with E-state index in [0.717, 1.165) is 30.8 Å². The van der Waals surface area contributed by atoms with Crippen LogP contribution in [-0.2, 0) is 22.4 Å². The van der Waals surface area contributed by atoms with Crippen molar-refractivity contribution in [3.63, 3.8) is 0 Å². The van der Waals surface area contributed by atoms with Gasteiger partial charge in [0.05, 0.1) is 6.61 Å². The third kappa shape index (κ3) is 3.13. The summed E-state index contributed by atoms with van der Waals surface area (Å²) in [5.41, 5.74) is 2.31. The fraction of sp³-hybridized carbons (Fsp3) is 0.545. The van der Waals surface area contributed by atoms with E-state index < -0.39 is 5.97 Å². The van der Waals surface area contributed by atoms with Gasteiger partial charge in [-0.25, -0.2) is 14.8 Å². The molecule has 92 valence electrons. The molecule has 1 aliphatic rings. The van der Waals surface area contributed by atoms with E-state index in [0.29, 0.717) is 13.2 Å². The number of fused-ring (bicyclic) bond motifs is 1.